The number of carbonyl (C=O) groups is 4. The maximum atomic E-state index is 13.5. The average molecular weight is 538 g/mol. The van der Waals surface area contributed by atoms with Gasteiger partial charge < -0.3 is 14.5 Å². The van der Waals surface area contributed by atoms with Crippen LogP contribution in [-0.4, -0.2) is 66.3 Å². The van der Waals surface area contributed by atoms with E-state index in [1.807, 2.05) is 12.1 Å². The summed E-state index contributed by atoms with van der Waals surface area (Å²) < 4.78 is 5.19. The van der Waals surface area contributed by atoms with Crippen LogP contribution >= 0.6 is 11.6 Å². The molecule has 200 valence electrons. The zero-order valence-corrected chi connectivity index (χ0v) is 22.3. The SMILES string of the molecule is CCOC(=O)[C@@H]1CCCN(C(=O)[C@H]2CCCN(c3cccc4c3C(=O)N(Cc3ccccc3Cl)C4=O)C2)C1. The third-order valence-electron chi connectivity index (χ3n) is 7.73. The molecule has 2 atom stereocenters. The van der Waals surface area contributed by atoms with E-state index in [-0.39, 0.29) is 42.1 Å². The molecule has 0 unspecified atom stereocenters. The highest BCUT2D eigenvalue weighted by Crippen LogP contribution is 2.35. The number of anilines is 1. The molecule has 3 aliphatic heterocycles. The number of amides is 3. The van der Waals surface area contributed by atoms with Crippen molar-refractivity contribution < 1.29 is 23.9 Å². The van der Waals surface area contributed by atoms with Gasteiger partial charge in [0.2, 0.25) is 5.91 Å². The van der Waals surface area contributed by atoms with Crippen molar-refractivity contribution >= 4 is 41.0 Å². The predicted octanol–water partition coefficient (Wildman–Crippen LogP) is 4.15. The third-order valence-corrected chi connectivity index (χ3v) is 8.10. The van der Waals surface area contributed by atoms with Gasteiger partial charge in [-0.2, -0.15) is 0 Å². The fourth-order valence-electron chi connectivity index (χ4n) is 5.81. The Kier molecular flexibility index (Phi) is 7.70. The third kappa shape index (κ3) is 5.01. The first-order valence-electron chi connectivity index (χ1n) is 13.3. The molecule has 38 heavy (non-hydrogen) atoms. The lowest BCUT2D eigenvalue weighted by atomic mass is 9.92. The number of nitrogens with zero attached hydrogens (tertiary/aromatic N) is 3. The molecule has 0 saturated carbocycles. The van der Waals surface area contributed by atoms with E-state index in [1.165, 1.54) is 4.90 Å². The van der Waals surface area contributed by atoms with Crippen LogP contribution in [0.5, 0.6) is 0 Å². The molecule has 5 rings (SSSR count). The zero-order chi connectivity index (χ0) is 26.8. The fraction of sp³-hybridized carbons (Fsp3) is 0.448. The Labute approximate surface area is 227 Å². The van der Waals surface area contributed by atoms with Crippen molar-refractivity contribution in [1.29, 1.82) is 0 Å². The molecule has 2 aromatic rings. The van der Waals surface area contributed by atoms with Crippen molar-refractivity contribution in [3.63, 3.8) is 0 Å². The number of rotatable bonds is 6. The molecule has 0 bridgehead atoms. The summed E-state index contributed by atoms with van der Waals surface area (Å²) in [5.74, 6) is -1.40. The summed E-state index contributed by atoms with van der Waals surface area (Å²) in [6, 6.07) is 12.5. The number of imide groups is 1. The molecular formula is C29H32ClN3O5. The standard InChI is InChI=1S/C29H32ClN3O5/c1-2-38-29(37)21-10-7-15-32(17-21)26(34)20-9-6-14-31(16-20)24-13-5-11-22-25(24)28(36)33(27(22)35)18-19-8-3-4-12-23(19)30/h3-5,8,11-13,20-21H,2,6-7,9-10,14-18H2,1H3/t20-,21+/m0/s1. The highest BCUT2D eigenvalue weighted by molar-refractivity contribution is 6.31. The summed E-state index contributed by atoms with van der Waals surface area (Å²) in [6.07, 6.45) is 3.04. The van der Waals surface area contributed by atoms with Crippen molar-refractivity contribution in [1.82, 2.24) is 9.80 Å². The van der Waals surface area contributed by atoms with Crippen molar-refractivity contribution in [3.05, 3.63) is 64.2 Å². The lowest BCUT2D eigenvalue weighted by Crippen LogP contribution is -2.49. The van der Waals surface area contributed by atoms with Crippen LogP contribution in [0.4, 0.5) is 5.69 Å². The molecule has 8 nitrogen and oxygen atoms in total. The Morgan fingerprint density at radius 2 is 1.71 bits per heavy atom. The Hall–Kier alpha value is -3.39. The van der Waals surface area contributed by atoms with Crippen molar-refractivity contribution in [3.8, 4) is 0 Å². The van der Waals surface area contributed by atoms with Crippen LogP contribution in [0.2, 0.25) is 5.02 Å². The van der Waals surface area contributed by atoms with Crippen LogP contribution < -0.4 is 4.90 Å². The van der Waals surface area contributed by atoms with E-state index >= 15 is 0 Å². The summed E-state index contributed by atoms with van der Waals surface area (Å²) in [5, 5.41) is 0.504. The van der Waals surface area contributed by atoms with Gasteiger partial charge in [0.15, 0.2) is 0 Å². The first-order chi connectivity index (χ1) is 18.4. The summed E-state index contributed by atoms with van der Waals surface area (Å²) in [5.41, 5.74) is 2.15. The number of ether oxygens (including phenoxy) is 1. The number of halogens is 1. The summed E-state index contributed by atoms with van der Waals surface area (Å²) >= 11 is 6.30. The van der Waals surface area contributed by atoms with Gasteiger partial charge in [-0.1, -0.05) is 35.9 Å². The molecule has 0 spiro atoms. The average Bonchev–Trinajstić information content (AvgIpc) is 3.19. The molecule has 0 N–H and O–H groups in total. The van der Waals surface area contributed by atoms with Gasteiger partial charge in [-0.05, 0) is 56.4 Å². The first-order valence-corrected chi connectivity index (χ1v) is 13.7. The van der Waals surface area contributed by atoms with Gasteiger partial charge in [-0.25, -0.2) is 0 Å². The van der Waals surface area contributed by atoms with Crippen LogP contribution in [0.1, 0.15) is 58.9 Å². The maximum Gasteiger partial charge on any atom is 0.310 e. The molecule has 3 amide bonds. The highest BCUT2D eigenvalue weighted by Gasteiger charge is 2.40. The molecule has 0 aromatic heterocycles. The van der Waals surface area contributed by atoms with E-state index in [9.17, 15) is 19.2 Å². The molecular weight excluding hydrogens is 506 g/mol. The van der Waals surface area contributed by atoms with Gasteiger partial charge in [-0.15, -0.1) is 0 Å². The molecule has 0 aliphatic carbocycles. The number of piperidine rings is 2. The van der Waals surface area contributed by atoms with Crippen LogP contribution in [0.3, 0.4) is 0 Å². The van der Waals surface area contributed by atoms with Gasteiger partial charge >= 0.3 is 5.97 Å². The molecule has 2 aromatic carbocycles. The van der Waals surface area contributed by atoms with Gasteiger partial charge in [-0.3, -0.25) is 24.1 Å². The van der Waals surface area contributed by atoms with Crippen LogP contribution in [-0.2, 0) is 20.9 Å². The summed E-state index contributed by atoms with van der Waals surface area (Å²) in [7, 11) is 0. The number of esters is 1. The smallest absolute Gasteiger partial charge is 0.310 e. The quantitative estimate of drug-likeness (QED) is 0.406. The van der Waals surface area contributed by atoms with E-state index in [0.717, 1.165) is 25.7 Å². The summed E-state index contributed by atoms with van der Waals surface area (Å²) in [6.45, 7) is 4.39. The minimum Gasteiger partial charge on any atom is -0.466 e. The molecule has 2 fully saturated rings. The second-order valence-electron chi connectivity index (χ2n) is 10.1. The lowest BCUT2D eigenvalue weighted by Gasteiger charge is -2.39. The highest BCUT2D eigenvalue weighted by atomic mass is 35.5. The number of carbonyl (C=O) groups excluding carboxylic acids is 4. The minimum absolute atomic E-state index is 0.0408. The number of likely N-dealkylation sites (tertiary alicyclic amines) is 1. The minimum atomic E-state index is -0.345. The Morgan fingerprint density at radius 1 is 0.947 bits per heavy atom. The van der Waals surface area contributed by atoms with E-state index in [2.05, 4.69) is 4.90 Å². The second-order valence-corrected chi connectivity index (χ2v) is 10.6. The normalized spacial score (nSPS) is 21.5. The zero-order valence-electron chi connectivity index (χ0n) is 21.5. The lowest BCUT2D eigenvalue weighted by molar-refractivity contribution is -0.152. The molecule has 3 heterocycles. The maximum absolute atomic E-state index is 13.5. The monoisotopic (exact) mass is 537 g/mol. The van der Waals surface area contributed by atoms with Crippen LogP contribution in [0.15, 0.2) is 42.5 Å². The van der Waals surface area contributed by atoms with E-state index < -0.39 is 0 Å². The Bertz CT molecular complexity index is 1260. The first kappa shape index (κ1) is 26.2. The van der Waals surface area contributed by atoms with Crippen LogP contribution in [0.25, 0.3) is 0 Å². The van der Waals surface area contributed by atoms with E-state index in [0.29, 0.717) is 60.2 Å². The topological polar surface area (TPSA) is 87.2 Å². The number of hydrogen-bond acceptors (Lipinski definition) is 6. The molecule has 3 aliphatic rings. The predicted molar refractivity (Wildman–Crippen MR) is 143 cm³/mol. The molecule has 0 radical (unpaired) electrons. The van der Waals surface area contributed by atoms with Crippen LogP contribution in [0, 0.1) is 11.8 Å². The van der Waals surface area contributed by atoms with E-state index in [1.54, 1.807) is 42.2 Å². The number of fused-ring (bicyclic) bond motifs is 1. The van der Waals surface area contributed by atoms with Gasteiger partial charge in [0.25, 0.3) is 11.8 Å². The molecule has 2 saturated heterocycles. The number of benzene rings is 2. The molecule has 9 heteroatoms. The van der Waals surface area contributed by atoms with Crippen molar-refractivity contribution in [2.24, 2.45) is 11.8 Å². The fourth-order valence-corrected chi connectivity index (χ4v) is 6.00. The van der Waals surface area contributed by atoms with Gasteiger partial charge in [0.1, 0.15) is 0 Å². The largest absolute Gasteiger partial charge is 0.466 e. The van der Waals surface area contributed by atoms with Gasteiger partial charge in [0, 0.05) is 31.2 Å². The Balaban J connectivity index is 1.32. The van der Waals surface area contributed by atoms with E-state index in [4.69, 9.17) is 16.3 Å². The summed E-state index contributed by atoms with van der Waals surface area (Å²) in [4.78, 5) is 57.6. The van der Waals surface area contributed by atoms with Crippen molar-refractivity contribution in [2.45, 2.75) is 39.2 Å². The second kappa shape index (κ2) is 11.2. The Morgan fingerprint density at radius 3 is 2.50 bits per heavy atom. The number of hydrogen-bond donors (Lipinski definition) is 0. The van der Waals surface area contributed by atoms with Crippen molar-refractivity contribution in [2.75, 3.05) is 37.7 Å². The van der Waals surface area contributed by atoms with Gasteiger partial charge in [0.05, 0.1) is 41.8 Å².